The van der Waals surface area contributed by atoms with Gasteiger partial charge in [-0.3, -0.25) is 0 Å². The fourth-order valence-electron chi connectivity index (χ4n) is 1.47. The van der Waals surface area contributed by atoms with Gasteiger partial charge in [0.15, 0.2) is 11.5 Å². The number of methoxy groups -OCH3 is 2. The van der Waals surface area contributed by atoms with E-state index in [4.69, 9.17) is 9.47 Å². The lowest BCUT2D eigenvalue weighted by Gasteiger charge is -2.14. The topological polar surface area (TPSA) is 52.6 Å². The lowest BCUT2D eigenvalue weighted by atomic mass is 10.1. The fraction of sp³-hybridized carbons (Fsp3) is 0.455. The number of ether oxygens (including phenoxy) is 2. The summed E-state index contributed by atoms with van der Waals surface area (Å²) in [5.41, 5.74) is 0.220. The predicted octanol–water partition coefficient (Wildman–Crippen LogP) is 2.32. The van der Waals surface area contributed by atoms with Crippen LogP contribution in [0.3, 0.4) is 0 Å². The molecule has 0 saturated heterocycles. The van der Waals surface area contributed by atoms with Crippen molar-refractivity contribution in [1.29, 1.82) is 0 Å². The van der Waals surface area contributed by atoms with Crippen molar-refractivity contribution in [2.24, 2.45) is 0 Å². The molecule has 102 valence electrons. The van der Waals surface area contributed by atoms with E-state index < -0.39 is 20.5 Å². The van der Waals surface area contributed by atoms with Crippen LogP contribution in [0.5, 0.6) is 11.5 Å². The van der Waals surface area contributed by atoms with Gasteiger partial charge in [0.1, 0.15) is 15.7 Å². The molecule has 0 radical (unpaired) electrons. The molecule has 0 amide bonds. The van der Waals surface area contributed by atoms with E-state index in [1.165, 1.54) is 26.4 Å². The summed E-state index contributed by atoms with van der Waals surface area (Å²) in [5.74, 6) is -0.123. The third-order valence-corrected chi connectivity index (χ3v) is 4.47. The Morgan fingerprint density at radius 3 is 2.22 bits per heavy atom. The van der Waals surface area contributed by atoms with Crippen LogP contribution in [0, 0.1) is 5.82 Å². The highest BCUT2D eigenvalue weighted by Gasteiger charge is 2.20. The van der Waals surface area contributed by atoms with Crippen LogP contribution in [0.15, 0.2) is 12.1 Å². The van der Waals surface area contributed by atoms with Crippen LogP contribution >= 0.6 is 15.9 Å². The van der Waals surface area contributed by atoms with E-state index in [2.05, 4.69) is 15.9 Å². The third kappa shape index (κ3) is 3.84. The highest BCUT2D eigenvalue weighted by molar-refractivity contribution is 9.09. The average Bonchev–Trinajstić information content (AvgIpc) is 2.26. The zero-order valence-electron chi connectivity index (χ0n) is 10.2. The third-order valence-electron chi connectivity index (χ3n) is 2.29. The smallest absolute Gasteiger partial charge is 0.163 e. The molecule has 0 N–H and O–H groups in total. The first-order valence-electron chi connectivity index (χ1n) is 5.01. The Bertz CT molecular complexity index is 530. The molecule has 0 aliphatic carbocycles. The Labute approximate surface area is 114 Å². The maximum absolute atomic E-state index is 13.8. The van der Waals surface area contributed by atoms with E-state index in [0.717, 1.165) is 6.26 Å². The molecule has 0 bridgehead atoms. The molecular weight excluding hydrogens is 327 g/mol. The zero-order chi connectivity index (χ0) is 13.9. The van der Waals surface area contributed by atoms with Gasteiger partial charge in [0.05, 0.1) is 24.8 Å². The number of hydrogen-bond donors (Lipinski definition) is 0. The van der Waals surface area contributed by atoms with Crippen LogP contribution in [-0.4, -0.2) is 34.6 Å². The predicted molar refractivity (Wildman–Crippen MR) is 70.9 cm³/mol. The quantitative estimate of drug-likeness (QED) is 0.772. The number of rotatable bonds is 5. The van der Waals surface area contributed by atoms with Crippen LogP contribution in [0.2, 0.25) is 0 Å². The molecule has 4 nitrogen and oxygen atoms in total. The molecule has 0 saturated carbocycles. The first-order valence-corrected chi connectivity index (χ1v) is 7.99. The highest BCUT2D eigenvalue weighted by atomic mass is 79.9. The molecule has 1 aromatic carbocycles. The van der Waals surface area contributed by atoms with Crippen LogP contribution in [-0.2, 0) is 9.84 Å². The van der Waals surface area contributed by atoms with Gasteiger partial charge in [0, 0.05) is 17.9 Å². The summed E-state index contributed by atoms with van der Waals surface area (Å²) >= 11 is 3.17. The second kappa shape index (κ2) is 5.88. The second-order valence-corrected chi connectivity index (χ2v) is 7.08. The Kier molecular flexibility index (Phi) is 4.98. The summed E-state index contributed by atoms with van der Waals surface area (Å²) in [6.45, 7) is 0. The largest absolute Gasteiger partial charge is 0.493 e. The van der Waals surface area contributed by atoms with Crippen molar-refractivity contribution in [1.82, 2.24) is 0 Å². The number of benzene rings is 1. The molecule has 18 heavy (non-hydrogen) atoms. The molecule has 1 unspecified atom stereocenters. The Morgan fingerprint density at radius 2 is 1.78 bits per heavy atom. The molecule has 7 heteroatoms. The fourth-order valence-corrected chi connectivity index (χ4v) is 3.97. The lowest BCUT2D eigenvalue weighted by molar-refractivity contribution is 0.351. The van der Waals surface area contributed by atoms with Gasteiger partial charge in [-0.05, 0) is 6.07 Å². The maximum Gasteiger partial charge on any atom is 0.163 e. The van der Waals surface area contributed by atoms with Crippen molar-refractivity contribution < 1.29 is 22.3 Å². The summed E-state index contributed by atoms with van der Waals surface area (Å²) in [5, 5.41) is 0. The van der Waals surface area contributed by atoms with Crippen LogP contribution in [0.25, 0.3) is 0 Å². The van der Waals surface area contributed by atoms with E-state index in [1.54, 1.807) is 0 Å². The maximum atomic E-state index is 13.8. The molecular formula is C11H14BrFO4S. The van der Waals surface area contributed by atoms with Gasteiger partial charge in [0.2, 0.25) is 0 Å². The molecule has 0 aliphatic rings. The van der Waals surface area contributed by atoms with Gasteiger partial charge in [-0.1, -0.05) is 15.9 Å². The first kappa shape index (κ1) is 15.2. The van der Waals surface area contributed by atoms with Crippen molar-refractivity contribution in [2.75, 3.05) is 26.2 Å². The van der Waals surface area contributed by atoms with Crippen molar-refractivity contribution >= 4 is 25.8 Å². The minimum absolute atomic E-state index is 0.195. The van der Waals surface area contributed by atoms with Gasteiger partial charge in [-0.25, -0.2) is 12.8 Å². The monoisotopic (exact) mass is 340 g/mol. The Hall–Kier alpha value is -0.820. The molecule has 0 aliphatic heterocycles. The minimum atomic E-state index is -3.21. The number of sulfone groups is 1. The van der Waals surface area contributed by atoms with Crippen molar-refractivity contribution in [2.45, 2.75) is 4.83 Å². The standard InChI is InChI=1S/C11H14BrFO4S/c1-16-10-4-7(8(12)6-18(3,14)15)9(13)5-11(10)17-2/h4-5,8H,6H2,1-3H3. The number of hydrogen-bond acceptors (Lipinski definition) is 4. The molecule has 1 aromatic rings. The number of halogens is 2. The summed E-state index contributed by atoms with van der Waals surface area (Å²) in [7, 11) is -0.377. The summed E-state index contributed by atoms with van der Waals surface area (Å²) in [6.07, 6.45) is 1.10. The van der Waals surface area contributed by atoms with Gasteiger partial charge >= 0.3 is 0 Å². The van der Waals surface area contributed by atoms with E-state index in [-0.39, 0.29) is 17.1 Å². The minimum Gasteiger partial charge on any atom is -0.493 e. The summed E-state index contributed by atoms with van der Waals surface area (Å²) in [4.78, 5) is -0.632. The van der Waals surface area contributed by atoms with Gasteiger partial charge < -0.3 is 9.47 Å². The van der Waals surface area contributed by atoms with Gasteiger partial charge in [0.25, 0.3) is 0 Å². The Balaban J connectivity index is 3.17. The SMILES string of the molecule is COc1cc(F)c(C(Br)CS(C)(=O)=O)cc1OC. The zero-order valence-corrected chi connectivity index (χ0v) is 12.6. The molecule has 0 aromatic heterocycles. The molecule has 1 rings (SSSR count). The second-order valence-electron chi connectivity index (χ2n) is 3.79. The molecule has 0 fully saturated rings. The first-order chi connectivity index (χ1) is 8.28. The summed E-state index contributed by atoms with van der Waals surface area (Å²) < 4.78 is 46.2. The number of alkyl halides is 1. The molecule has 0 heterocycles. The lowest BCUT2D eigenvalue weighted by Crippen LogP contribution is -2.10. The molecule has 0 spiro atoms. The Morgan fingerprint density at radius 1 is 1.28 bits per heavy atom. The normalized spacial score (nSPS) is 13.2. The van der Waals surface area contributed by atoms with Crippen LogP contribution in [0.1, 0.15) is 10.4 Å². The van der Waals surface area contributed by atoms with E-state index in [0.29, 0.717) is 5.75 Å². The van der Waals surface area contributed by atoms with Crippen molar-refractivity contribution in [3.63, 3.8) is 0 Å². The van der Waals surface area contributed by atoms with E-state index in [9.17, 15) is 12.8 Å². The van der Waals surface area contributed by atoms with Gasteiger partial charge in [-0.2, -0.15) is 0 Å². The van der Waals surface area contributed by atoms with E-state index in [1.807, 2.05) is 0 Å². The van der Waals surface area contributed by atoms with Crippen LogP contribution in [0.4, 0.5) is 4.39 Å². The summed E-state index contributed by atoms with van der Waals surface area (Å²) in [6, 6.07) is 2.60. The molecule has 1 atom stereocenters. The van der Waals surface area contributed by atoms with Gasteiger partial charge in [-0.15, -0.1) is 0 Å². The highest BCUT2D eigenvalue weighted by Crippen LogP contribution is 2.35. The van der Waals surface area contributed by atoms with E-state index >= 15 is 0 Å². The van der Waals surface area contributed by atoms with Crippen LogP contribution < -0.4 is 9.47 Å². The van der Waals surface area contributed by atoms with Crippen molar-refractivity contribution in [3.05, 3.63) is 23.5 Å². The van der Waals surface area contributed by atoms with Crippen molar-refractivity contribution in [3.8, 4) is 11.5 Å². The average molecular weight is 341 g/mol.